The first-order chi connectivity index (χ1) is 28.5. The average molecular weight is 937 g/mol. The minimum atomic E-state index is -2.53. The van der Waals surface area contributed by atoms with Crippen molar-refractivity contribution in [2.24, 2.45) is 5.92 Å². The van der Waals surface area contributed by atoms with Crippen LogP contribution in [0.25, 0.3) is 44.6 Å². The van der Waals surface area contributed by atoms with E-state index in [1.807, 2.05) is 12.1 Å². The zero-order valence-electron chi connectivity index (χ0n) is 39.1. The Bertz CT molecular complexity index is 2710. The topological polar surface area (TPSA) is 51.8 Å². The van der Waals surface area contributed by atoms with E-state index in [2.05, 4.69) is 44.4 Å². The van der Waals surface area contributed by atoms with Gasteiger partial charge in [-0.2, -0.15) is 0 Å². The second-order valence-corrected chi connectivity index (χ2v) is 24.4. The second-order valence-electron chi connectivity index (χ2n) is 13.8. The molecular formula is C45H44FGeIrN3O-2. The van der Waals surface area contributed by atoms with E-state index in [1.54, 1.807) is 67.0 Å². The van der Waals surface area contributed by atoms with E-state index in [9.17, 15) is 4.39 Å². The Labute approximate surface area is 337 Å². The zero-order chi connectivity index (χ0) is 44.1. The van der Waals surface area contributed by atoms with E-state index >= 15 is 0 Å². The van der Waals surface area contributed by atoms with Gasteiger partial charge in [-0.1, -0.05) is 37.3 Å². The first-order valence-electron chi connectivity index (χ1n) is 22.1. The van der Waals surface area contributed by atoms with Crippen molar-refractivity contribution < 1.29 is 42.6 Å². The molecule has 267 valence electrons. The van der Waals surface area contributed by atoms with Gasteiger partial charge < -0.3 is 9.40 Å². The molecule has 1 aliphatic rings. The Morgan fingerprint density at radius 2 is 1.71 bits per heavy atom. The largest absolute Gasteiger partial charge is 0.499 e. The minimum Gasteiger partial charge on any atom is -0.499 e. The number of fused-ring (bicyclic) bond motifs is 3. The van der Waals surface area contributed by atoms with Crippen LogP contribution >= 0.6 is 0 Å². The van der Waals surface area contributed by atoms with Gasteiger partial charge >= 0.3 is 159 Å². The number of rotatable bonds is 7. The molecule has 0 spiro atoms. The summed E-state index contributed by atoms with van der Waals surface area (Å²) in [4.78, 5) is 13.2. The molecule has 0 aliphatic heterocycles. The maximum atomic E-state index is 14.7. The number of hydrogen-bond donors (Lipinski definition) is 0. The molecule has 0 N–H and O–H groups in total. The van der Waals surface area contributed by atoms with Crippen LogP contribution in [0.4, 0.5) is 4.39 Å². The Hall–Kier alpha value is -3.97. The van der Waals surface area contributed by atoms with Gasteiger partial charge in [0.15, 0.2) is 0 Å². The number of benzene rings is 3. The van der Waals surface area contributed by atoms with Gasteiger partial charge in [-0.3, -0.25) is 4.98 Å². The molecule has 0 saturated heterocycles. The number of halogens is 1. The van der Waals surface area contributed by atoms with Gasteiger partial charge in [-0.05, 0) is 48.4 Å². The summed E-state index contributed by atoms with van der Waals surface area (Å²) in [6.07, 6.45) is 4.04. The van der Waals surface area contributed by atoms with E-state index in [0.29, 0.717) is 50.0 Å². The summed E-state index contributed by atoms with van der Waals surface area (Å²) in [5, 5.41) is 0.681. The normalized spacial score (nSPS) is 17.1. The zero-order valence-corrected chi connectivity index (χ0v) is 33.6. The van der Waals surface area contributed by atoms with Gasteiger partial charge in [-0.15, -0.1) is 23.8 Å². The maximum Gasteiger partial charge on any atom is 0.139 e. The monoisotopic (exact) mass is 938 g/mol. The summed E-state index contributed by atoms with van der Waals surface area (Å²) >= 11 is -2.53. The molecule has 52 heavy (non-hydrogen) atoms. The standard InChI is InChI=1S/C23H21N2O.C22H23FGeN.Ir/c1-15-6-8-22-23(25-15)19-14-18(7-9-21(19)26-22)20-13-17(10-11-24-20)12-16-4-2-3-5-16;1-16-10-11-19(20(23)12-16)22-14-18(13-17-8-6-5-7-9-17)21(15-25-22)24(2,3)4;/h6,8-11,13-14,16H,2-5,12H2,1H3;5-10,12,14-15H,13H2,1-4H3;/q2*-1;/i1D3,12D2;1D3,13D2;. The predicted octanol–water partition coefficient (Wildman–Crippen LogP) is 11.0. The van der Waals surface area contributed by atoms with Crippen LogP contribution in [0.2, 0.25) is 17.3 Å². The molecule has 1 radical (unpaired) electrons. The molecule has 4 heterocycles. The number of aryl methyl sites for hydroxylation is 2. The fourth-order valence-electron chi connectivity index (χ4n) is 6.34. The van der Waals surface area contributed by atoms with Crippen molar-refractivity contribution in [3.63, 3.8) is 0 Å². The van der Waals surface area contributed by atoms with E-state index in [0.717, 1.165) is 36.1 Å². The first kappa shape index (κ1) is 26.7. The van der Waals surface area contributed by atoms with E-state index < -0.39 is 45.5 Å². The SMILES string of the molecule is [2H]C([2H])([2H])c1c[c-]c(-c2cc(C([2H])([2H])c3ccccc3)[c]([Ge]([CH3])([CH3])[CH3])cn2)c(F)c1.[2H]C([2H])([2H])c1ccc2oc3c[c-]c(-c4cc(C([2H])([2H])C5CCCC5)ccn4)cc3c2n1.[Ir]. The first-order valence-corrected chi connectivity index (χ1v) is 24.4. The van der Waals surface area contributed by atoms with Gasteiger partial charge in [0.2, 0.25) is 0 Å². The van der Waals surface area contributed by atoms with Crippen LogP contribution in [-0.4, -0.2) is 28.2 Å². The Kier molecular flexibility index (Phi) is 8.42. The minimum absolute atomic E-state index is 0. The van der Waals surface area contributed by atoms with Gasteiger partial charge in [0, 0.05) is 38.8 Å². The number of hydrogen-bond acceptors (Lipinski definition) is 4. The van der Waals surface area contributed by atoms with Crippen LogP contribution in [0, 0.1) is 37.6 Å². The fourth-order valence-corrected chi connectivity index (χ4v) is 9.27. The number of aromatic nitrogens is 3. The van der Waals surface area contributed by atoms with E-state index in [1.165, 1.54) is 12.1 Å². The molecule has 4 aromatic heterocycles. The molecule has 7 heteroatoms. The van der Waals surface area contributed by atoms with Gasteiger partial charge in [0.05, 0.1) is 11.1 Å². The van der Waals surface area contributed by atoms with Crippen LogP contribution in [-0.2, 0) is 32.9 Å². The molecular weight excluding hydrogens is 882 g/mol. The molecule has 4 nitrogen and oxygen atoms in total. The molecule has 0 atom stereocenters. The molecule has 1 fully saturated rings. The average Bonchev–Trinajstić information content (AvgIpc) is 3.89. The Morgan fingerprint density at radius 3 is 2.46 bits per heavy atom. The van der Waals surface area contributed by atoms with Crippen LogP contribution in [0.3, 0.4) is 0 Å². The summed E-state index contributed by atoms with van der Waals surface area (Å²) in [5.41, 5.74) is 4.59. The van der Waals surface area contributed by atoms with E-state index in [-0.39, 0.29) is 48.5 Å². The third kappa shape index (κ3) is 8.79. The number of nitrogens with zero attached hydrogens (tertiary/aromatic N) is 3. The summed E-state index contributed by atoms with van der Waals surface area (Å²) in [6.45, 7) is -4.73. The molecule has 8 rings (SSSR count). The number of pyridine rings is 3. The van der Waals surface area contributed by atoms with Crippen LogP contribution in [0.5, 0.6) is 0 Å². The van der Waals surface area contributed by atoms with Crippen molar-refractivity contribution in [1.82, 2.24) is 15.0 Å². The smallest absolute Gasteiger partial charge is 0.139 e. The molecule has 1 saturated carbocycles. The Balaban J connectivity index is 0.000000204. The maximum absolute atomic E-state index is 14.7. The predicted molar refractivity (Wildman–Crippen MR) is 209 cm³/mol. The quantitative estimate of drug-likeness (QED) is 0.118. The molecule has 0 bridgehead atoms. The van der Waals surface area contributed by atoms with Crippen LogP contribution in [0.1, 0.15) is 67.3 Å². The Morgan fingerprint density at radius 1 is 0.885 bits per heavy atom. The summed E-state index contributed by atoms with van der Waals surface area (Å²) in [7, 11) is 0. The number of furan rings is 1. The van der Waals surface area contributed by atoms with Crippen molar-refractivity contribution in [1.29, 1.82) is 0 Å². The van der Waals surface area contributed by atoms with Gasteiger partial charge in [0.25, 0.3) is 0 Å². The second kappa shape index (κ2) is 16.4. The molecule has 7 aromatic rings. The van der Waals surface area contributed by atoms with Crippen molar-refractivity contribution in [2.45, 2.75) is 69.4 Å². The van der Waals surface area contributed by atoms with Gasteiger partial charge in [0.1, 0.15) is 5.58 Å². The fraction of sp³-hybridized carbons (Fsp3) is 0.267. The summed E-state index contributed by atoms with van der Waals surface area (Å²) < 4.78 is 102. The van der Waals surface area contributed by atoms with E-state index in [4.69, 9.17) is 18.1 Å². The molecule has 3 aromatic carbocycles. The van der Waals surface area contributed by atoms with Crippen LogP contribution < -0.4 is 4.40 Å². The van der Waals surface area contributed by atoms with Crippen molar-refractivity contribution >= 4 is 39.7 Å². The van der Waals surface area contributed by atoms with Crippen molar-refractivity contribution in [3.05, 3.63) is 143 Å². The van der Waals surface area contributed by atoms with Crippen molar-refractivity contribution in [3.8, 4) is 22.5 Å². The molecule has 0 amide bonds. The van der Waals surface area contributed by atoms with Crippen LogP contribution in [0.15, 0.2) is 102 Å². The summed E-state index contributed by atoms with van der Waals surface area (Å²) in [5.74, 6) is 5.74. The van der Waals surface area contributed by atoms with Gasteiger partial charge in [-0.25, -0.2) is 0 Å². The van der Waals surface area contributed by atoms with Crippen molar-refractivity contribution in [2.75, 3.05) is 0 Å². The molecule has 1 aliphatic carbocycles. The third-order valence-corrected chi connectivity index (χ3v) is 13.1. The summed E-state index contributed by atoms with van der Waals surface area (Å²) in [6, 6.07) is 28.7. The third-order valence-electron chi connectivity index (χ3n) is 8.92. The molecule has 0 unspecified atom stereocenters.